The summed E-state index contributed by atoms with van der Waals surface area (Å²) in [5.74, 6) is 0. The van der Waals surface area contributed by atoms with Gasteiger partial charge in [0.1, 0.15) is 0 Å². The summed E-state index contributed by atoms with van der Waals surface area (Å²) in [7, 11) is 0. The summed E-state index contributed by atoms with van der Waals surface area (Å²) in [6.07, 6.45) is 10.4. The molecule has 4 heterocycles. The third-order valence-electron chi connectivity index (χ3n) is 9.94. The molecule has 3 aromatic heterocycles. The number of allylic oxidation sites excluding steroid dienone is 2. The van der Waals surface area contributed by atoms with Gasteiger partial charge in [-0.2, -0.15) is 0 Å². The van der Waals surface area contributed by atoms with Crippen molar-refractivity contribution < 1.29 is 0 Å². The number of hydrogen-bond donors (Lipinski definition) is 1. The molecule has 0 saturated heterocycles. The lowest BCUT2D eigenvalue weighted by molar-refractivity contribution is 1.01. The second-order valence-corrected chi connectivity index (χ2v) is 13.3. The minimum Gasteiger partial charge on any atom is -0.380 e. The van der Waals surface area contributed by atoms with Crippen LogP contribution < -0.4 is 5.32 Å². The maximum Gasteiger partial charge on any atom is 0.0702 e. The standard InChI is InChI=1S/C50H36N4/c1-5-13-35(14-6-1)47-25-21-39(31-51-47)43-29-45(41-23-27-49(53-33-41)37-17-9-3-10-18-37)46(42-24-28-50(54-34-42)38-19-11-4-12-20-38)30-44(43)40-22-26-48(52-32-40)36-15-7-2-8-16-36/h1-33,54H,34H2. The average molecular weight is 693 g/mol. The van der Waals surface area contributed by atoms with E-state index in [9.17, 15) is 0 Å². The van der Waals surface area contributed by atoms with E-state index in [1.54, 1.807) is 0 Å². The van der Waals surface area contributed by atoms with Crippen molar-refractivity contribution >= 4 is 11.3 Å². The molecular weight excluding hydrogens is 657 g/mol. The molecule has 0 saturated carbocycles. The van der Waals surface area contributed by atoms with Crippen LogP contribution in [0.1, 0.15) is 11.1 Å². The van der Waals surface area contributed by atoms with Gasteiger partial charge in [0.15, 0.2) is 0 Å². The van der Waals surface area contributed by atoms with E-state index in [0.29, 0.717) is 6.54 Å². The summed E-state index contributed by atoms with van der Waals surface area (Å²) in [6.45, 7) is 0.681. The monoisotopic (exact) mass is 692 g/mol. The Hall–Kier alpha value is -7.17. The van der Waals surface area contributed by atoms with E-state index in [1.807, 2.05) is 79.3 Å². The number of benzene rings is 5. The highest BCUT2D eigenvalue weighted by molar-refractivity contribution is 5.95. The lowest BCUT2D eigenvalue weighted by Crippen LogP contribution is -2.18. The van der Waals surface area contributed by atoms with Crippen LogP contribution in [0.15, 0.2) is 201 Å². The van der Waals surface area contributed by atoms with Gasteiger partial charge < -0.3 is 5.32 Å². The molecule has 0 amide bonds. The van der Waals surface area contributed by atoms with Crippen molar-refractivity contribution in [1.82, 2.24) is 20.3 Å². The molecule has 256 valence electrons. The Morgan fingerprint density at radius 3 is 1.06 bits per heavy atom. The fourth-order valence-electron chi connectivity index (χ4n) is 7.07. The molecule has 4 nitrogen and oxygen atoms in total. The fraction of sp³-hybridized carbons (Fsp3) is 0.0200. The highest BCUT2D eigenvalue weighted by Gasteiger charge is 2.20. The van der Waals surface area contributed by atoms with E-state index in [2.05, 4.69) is 127 Å². The smallest absolute Gasteiger partial charge is 0.0702 e. The first kappa shape index (κ1) is 32.7. The number of aromatic nitrogens is 3. The minimum atomic E-state index is 0.681. The lowest BCUT2D eigenvalue weighted by Gasteiger charge is -2.23. The Balaban J connectivity index is 1.22. The molecule has 0 unspecified atom stereocenters. The van der Waals surface area contributed by atoms with Crippen molar-refractivity contribution in [1.29, 1.82) is 0 Å². The Labute approximate surface area is 315 Å². The molecule has 1 N–H and O–H groups in total. The van der Waals surface area contributed by atoms with Gasteiger partial charge in [0.05, 0.1) is 17.1 Å². The van der Waals surface area contributed by atoms with Gasteiger partial charge in [-0.25, -0.2) is 0 Å². The molecule has 5 aromatic carbocycles. The van der Waals surface area contributed by atoms with Crippen LogP contribution >= 0.6 is 0 Å². The Kier molecular flexibility index (Phi) is 8.98. The van der Waals surface area contributed by atoms with Crippen LogP contribution in [0.4, 0.5) is 0 Å². The van der Waals surface area contributed by atoms with E-state index < -0.39 is 0 Å². The summed E-state index contributed by atoms with van der Waals surface area (Å²) in [5.41, 5.74) is 17.1. The van der Waals surface area contributed by atoms with E-state index in [-0.39, 0.29) is 0 Å². The average Bonchev–Trinajstić information content (AvgIpc) is 3.27. The van der Waals surface area contributed by atoms with Gasteiger partial charge in [0, 0.05) is 64.2 Å². The van der Waals surface area contributed by atoms with Crippen LogP contribution in [0.25, 0.3) is 78.4 Å². The summed E-state index contributed by atoms with van der Waals surface area (Å²) in [6, 6.07) is 58.9. The van der Waals surface area contributed by atoms with Crippen molar-refractivity contribution in [3.8, 4) is 67.2 Å². The van der Waals surface area contributed by atoms with Crippen LogP contribution in [0.2, 0.25) is 0 Å². The highest BCUT2D eigenvalue weighted by atomic mass is 14.9. The number of rotatable bonds is 8. The summed E-state index contributed by atoms with van der Waals surface area (Å²) >= 11 is 0. The van der Waals surface area contributed by atoms with Crippen molar-refractivity contribution in [2.75, 3.05) is 6.54 Å². The topological polar surface area (TPSA) is 50.7 Å². The molecule has 54 heavy (non-hydrogen) atoms. The zero-order valence-electron chi connectivity index (χ0n) is 29.6. The predicted octanol–water partition coefficient (Wildman–Crippen LogP) is 11.9. The number of dihydropyridines is 1. The van der Waals surface area contributed by atoms with E-state index >= 15 is 0 Å². The first-order valence-electron chi connectivity index (χ1n) is 18.2. The van der Waals surface area contributed by atoms with E-state index in [4.69, 9.17) is 15.0 Å². The fourth-order valence-corrected chi connectivity index (χ4v) is 7.07. The van der Waals surface area contributed by atoms with Gasteiger partial charge in [0.2, 0.25) is 0 Å². The van der Waals surface area contributed by atoms with E-state index in [0.717, 1.165) is 78.4 Å². The third kappa shape index (κ3) is 6.76. The van der Waals surface area contributed by atoms with Crippen LogP contribution in [-0.2, 0) is 0 Å². The molecule has 1 aliphatic rings. The summed E-state index contributed by atoms with van der Waals surface area (Å²) in [5, 5.41) is 3.70. The predicted molar refractivity (Wildman–Crippen MR) is 223 cm³/mol. The highest BCUT2D eigenvalue weighted by Crippen LogP contribution is 2.41. The molecule has 8 aromatic rings. The Morgan fingerprint density at radius 1 is 0.333 bits per heavy atom. The van der Waals surface area contributed by atoms with Gasteiger partial charge in [0.25, 0.3) is 0 Å². The number of hydrogen-bond acceptors (Lipinski definition) is 4. The maximum atomic E-state index is 4.96. The molecule has 0 bridgehead atoms. The van der Waals surface area contributed by atoms with Gasteiger partial charge >= 0.3 is 0 Å². The minimum absolute atomic E-state index is 0.681. The maximum absolute atomic E-state index is 4.96. The van der Waals surface area contributed by atoms with Crippen LogP contribution in [-0.4, -0.2) is 21.5 Å². The van der Waals surface area contributed by atoms with Gasteiger partial charge in [-0.1, -0.05) is 146 Å². The summed E-state index contributed by atoms with van der Waals surface area (Å²) < 4.78 is 0. The molecule has 0 spiro atoms. The van der Waals surface area contributed by atoms with Gasteiger partial charge in [-0.05, 0) is 69.8 Å². The van der Waals surface area contributed by atoms with Crippen LogP contribution in [0.5, 0.6) is 0 Å². The van der Waals surface area contributed by atoms with Crippen molar-refractivity contribution in [3.63, 3.8) is 0 Å². The molecule has 1 aliphatic heterocycles. The number of nitrogens with zero attached hydrogens (tertiary/aromatic N) is 3. The Morgan fingerprint density at radius 2 is 0.704 bits per heavy atom. The van der Waals surface area contributed by atoms with Crippen LogP contribution in [0.3, 0.4) is 0 Å². The molecule has 4 heteroatoms. The van der Waals surface area contributed by atoms with E-state index in [1.165, 1.54) is 11.1 Å². The second-order valence-electron chi connectivity index (χ2n) is 13.3. The van der Waals surface area contributed by atoms with Crippen LogP contribution in [0, 0.1) is 0 Å². The van der Waals surface area contributed by atoms with Crippen molar-refractivity contribution in [3.05, 3.63) is 212 Å². The molecule has 9 rings (SSSR count). The number of pyridine rings is 3. The molecular formula is C50H36N4. The molecule has 0 atom stereocenters. The molecule has 0 radical (unpaired) electrons. The molecule has 0 aliphatic carbocycles. The lowest BCUT2D eigenvalue weighted by atomic mass is 9.85. The Bertz CT molecular complexity index is 2580. The quantitative estimate of drug-likeness (QED) is 0.172. The number of nitrogens with one attached hydrogen (secondary N) is 1. The molecule has 0 fully saturated rings. The first-order chi connectivity index (χ1) is 26.8. The third-order valence-corrected chi connectivity index (χ3v) is 9.94. The van der Waals surface area contributed by atoms with Gasteiger partial charge in [-0.3, -0.25) is 15.0 Å². The second kappa shape index (κ2) is 14.8. The normalized spacial score (nSPS) is 12.4. The van der Waals surface area contributed by atoms with Crippen molar-refractivity contribution in [2.45, 2.75) is 0 Å². The summed E-state index contributed by atoms with van der Waals surface area (Å²) in [4.78, 5) is 14.9. The zero-order chi connectivity index (χ0) is 36.1. The van der Waals surface area contributed by atoms with Crippen molar-refractivity contribution in [2.24, 2.45) is 0 Å². The van der Waals surface area contributed by atoms with Gasteiger partial charge in [-0.15, -0.1) is 0 Å². The SMILES string of the molecule is C1=C(c2ccccc2)NCC(c2cc(-c3ccc(-c4ccccc4)nc3)c(-c3ccc(-c4ccccc4)nc3)cc2-c2ccc(-c3ccccc3)nc2)=C1. The zero-order valence-corrected chi connectivity index (χ0v) is 29.6. The first-order valence-corrected chi connectivity index (χ1v) is 18.2. The largest absolute Gasteiger partial charge is 0.380 e.